The first-order valence-electron chi connectivity index (χ1n) is 8.47. The Morgan fingerprint density at radius 2 is 1.29 bits per heavy atom. The molecule has 0 aliphatic heterocycles. The maximum Gasteiger partial charge on any atom is 0.510 e. The minimum absolute atomic E-state index is 0.193. The quantitative estimate of drug-likeness (QED) is 0.210. The number of hydrogen-bond donors (Lipinski definition) is 0. The number of rotatable bonds is 9. The summed E-state index contributed by atoms with van der Waals surface area (Å²) in [7, 11) is 2.35. The van der Waals surface area contributed by atoms with Crippen molar-refractivity contribution in [2.24, 2.45) is 0 Å². The Balaban J connectivity index is 2.48. The van der Waals surface area contributed by atoms with Gasteiger partial charge in [-0.2, -0.15) is 4.79 Å². The molecule has 0 amide bonds. The van der Waals surface area contributed by atoms with Gasteiger partial charge in [0.1, 0.15) is 11.5 Å². The minimum atomic E-state index is -4.44. The van der Waals surface area contributed by atoms with Gasteiger partial charge in [-0.05, 0) is 52.5 Å². The maximum atomic E-state index is 13.6. The summed E-state index contributed by atoms with van der Waals surface area (Å²) in [5.74, 6) is 0.386. The molecule has 0 aromatic heterocycles. The number of carbonyl (C=O) groups is 1. The molecule has 0 aliphatic rings. The van der Waals surface area contributed by atoms with Gasteiger partial charge in [-0.1, -0.05) is 36.4 Å². The van der Waals surface area contributed by atoms with Gasteiger partial charge in [-0.25, -0.2) is 4.57 Å². The van der Waals surface area contributed by atoms with Gasteiger partial charge in [0.05, 0.1) is 0 Å². The van der Waals surface area contributed by atoms with Crippen LogP contribution in [0.2, 0.25) is 0 Å². The Morgan fingerprint density at radius 1 is 0.893 bits per heavy atom. The van der Waals surface area contributed by atoms with Crippen LogP contribution in [0.4, 0.5) is 0 Å². The molecule has 9 heteroatoms. The van der Waals surface area contributed by atoms with Crippen molar-refractivity contribution >= 4 is 18.8 Å². The van der Waals surface area contributed by atoms with Crippen LogP contribution in [0, 0.1) is 0 Å². The normalized spacial score (nSPS) is 11.4. The molecule has 2 aromatic rings. The molecule has 0 saturated heterocycles. The Kier molecular flexibility index (Phi) is 7.26. The zero-order chi connectivity index (χ0) is 20.7. The molecule has 0 heterocycles. The molecule has 148 valence electrons. The molecule has 8 nitrogen and oxygen atoms in total. The molecule has 0 spiro atoms. The van der Waals surface area contributed by atoms with Crippen molar-refractivity contribution in [2.45, 2.75) is 6.17 Å². The standard InChI is InChI=1S/C19H23N4O4P/c1-22(2)18(23(3)4)17(21-20)19(24)28(25,26-15-11-7-5-8-12-15)27-16-13-9-6-10-14-16/h5-14,18H,1-4H3. The van der Waals surface area contributed by atoms with Gasteiger partial charge in [0, 0.05) is 0 Å². The van der Waals surface area contributed by atoms with Crippen LogP contribution < -0.4 is 9.05 Å². The van der Waals surface area contributed by atoms with E-state index in [0.717, 1.165) is 0 Å². The van der Waals surface area contributed by atoms with Crippen LogP contribution in [-0.2, 0) is 9.36 Å². The molecule has 2 aromatic carbocycles. The van der Waals surface area contributed by atoms with Crippen LogP contribution >= 0.6 is 7.60 Å². The Morgan fingerprint density at radius 3 is 1.61 bits per heavy atom. The van der Waals surface area contributed by atoms with E-state index in [-0.39, 0.29) is 17.2 Å². The van der Waals surface area contributed by atoms with E-state index in [0.29, 0.717) is 0 Å². The van der Waals surface area contributed by atoms with Crippen LogP contribution in [0.1, 0.15) is 0 Å². The molecule has 0 N–H and O–H groups in total. The topological polar surface area (TPSA) is 95.5 Å². The van der Waals surface area contributed by atoms with E-state index in [9.17, 15) is 14.9 Å². The van der Waals surface area contributed by atoms with Crippen LogP contribution in [0.3, 0.4) is 0 Å². The number of para-hydroxylation sites is 2. The Hall–Kier alpha value is -2.76. The average molecular weight is 402 g/mol. The van der Waals surface area contributed by atoms with Gasteiger partial charge in [0.15, 0.2) is 6.17 Å². The van der Waals surface area contributed by atoms with Crippen molar-refractivity contribution in [3.63, 3.8) is 0 Å². The van der Waals surface area contributed by atoms with E-state index in [1.807, 2.05) is 0 Å². The fourth-order valence-electron chi connectivity index (χ4n) is 2.64. The van der Waals surface area contributed by atoms with Gasteiger partial charge >= 0.3 is 18.8 Å². The average Bonchev–Trinajstić information content (AvgIpc) is 2.66. The fourth-order valence-corrected chi connectivity index (χ4v) is 4.08. The molecule has 0 saturated carbocycles. The molecule has 0 fully saturated rings. The molecular weight excluding hydrogens is 379 g/mol. The second-order valence-corrected chi connectivity index (χ2v) is 8.16. The summed E-state index contributed by atoms with van der Waals surface area (Å²) in [5, 5.41) is 0. The molecular formula is C19H23N4O4P. The lowest BCUT2D eigenvalue weighted by molar-refractivity contribution is -0.113. The highest BCUT2D eigenvalue weighted by Crippen LogP contribution is 2.49. The summed E-state index contributed by atoms with van der Waals surface area (Å²) >= 11 is 0. The van der Waals surface area contributed by atoms with Gasteiger partial charge in [0.2, 0.25) is 0 Å². The third-order valence-electron chi connectivity index (χ3n) is 3.74. The smallest absolute Gasteiger partial charge is 0.411 e. The van der Waals surface area contributed by atoms with Crippen molar-refractivity contribution in [1.82, 2.24) is 9.80 Å². The van der Waals surface area contributed by atoms with E-state index in [1.165, 1.54) is 0 Å². The summed E-state index contributed by atoms with van der Waals surface area (Å²) in [5.41, 5.74) is 8.15. The lowest BCUT2D eigenvalue weighted by Gasteiger charge is -2.27. The molecule has 0 unspecified atom stereocenters. The SMILES string of the molecule is CN(C)C(C(=[N+]=[N-])C(=O)P(=O)(Oc1ccccc1)Oc1ccccc1)N(C)C. The second-order valence-electron chi connectivity index (χ2n) is 6.40. The summed E-state index contributed by atoms with van der Waals surface area (Å²) < 4.78 is 24.6. The molecule has 0 bridgehead atoms. The van der Waals surface area contributed by atoms with Gasteiger partial charge in [-0.15, -0.1) is 0 Å². The van der Waals surface area contributed by atoms with Crippen molar-refractivity contribution in [3.8, 4) is 11.5 Å². The van der Waals surface area contributed by atoms with Crippen molar-refractivity contribution in [3.05, 3.63) is 66.2 Å². The highest BCUT2D eigenvalue weighted by atomic mass is 31.2. The minimum Gasteiger partial charge on any atom is -0.411 e. The Labute approximate surface area is 164 Å². The highest BCUT2D eigenvalue weighted by Gasteiger charge is 2.50. The fraction of sp³-hybridized carbons (Fsp3) is 0.263. The summed E-state index contributed by atoms with van der Waals surface area (Å²) in [6.07, 6.45) is -0.746. The first-order chi connectivity index (χ1) is 13.3. The van der Waals surface area contributed by atoms with Crippen molar-refractivity contribution in [2.75, 3.05) is 28.2 Å². The van der Waals surface area contributed by atoms with Crippen LogP contribution in [0.15, 0.2) is 60.7 Å². The zero-order valence-electron chi connectivity index (χ0n) is 16.2. The highest BCUT2D eigenvalue weighted by molar-refractivity contribution is 7.75. The second kappa shape index (κ2) is 9.44. The van der Waals surface area contributed by atoms with E-state index < -0.39 is 19.3 Å². The monoisotopic (exact) mass is 402 g/mol. The van der Waals surface area contributed by atoms with Crippen LogP contribution in [0.25, 0.3) is 5.53 Å². The predicted molar refractivity (Wildman–Crippen MR) is 107 cm³/mol. The van der Waals surface area contributed by atoms with Crippen molar-refractivity contribution in [1.29, 1.82) is 0 Å². The summed E-state index contributed by atoms with van der Waals surface area (Å²) in [6.45, 7) is 0. The van der Waals surface area contributed by atoms with Crippen LogP contribution in [0.5, 0.6) is 11.5 Å². The van der Waals surface area contributed by atoms with Crippen LogP contribution in [-0.4, -0.2) is 60.2 Å². The molecule has 0 radical (unpaired) electrons. The van der Waals surface area contributed by atoms with E-state index >= 15 is 0 Å². The van der Waals surface area contributed by atoms with Crippen molar-refractivity contribution < 1.29 is 23.2 Å². The molecule has 0 atom stereocenters. The zero-order valence-corrected chi connectivity index (χ0v) is 17.1. The summed E-state index contributed by atoms with van der Waals surface area (Å²) in [6, 6.07) is 16.4. The molecule has 2 rings (SSSR count). The van der Waals surface area contributed by atoms with Gasteiger partial charge in [0.25, 0.3) is 0 Å². The third kappa shape index (κ3) is 5.15. The largest absolute Gasteiger partial charge is 0.510 e. The first kappa shape index (κ1) is 21.5. The molecule has 0 aliphatic carbocycles. The Bertz CT molecular complexity index is 843. The number of hydrogen-bond acceptors (Lipinski definition) is 6. The van der Waals surface area contributed by atoms with Gasteiger partial charge in [-0.3, -0.25) is 14.6 Å². The third-order valence-corrected chi connectivity index (χ3v) is 5.36. The van der Waals surface area contributed by atoms with E-state index in [1.54, 1.807) is 98.7 Å². The lowest BCUT2D eigenvalue weighted by atomic mass is 10.3. The first-order valence-corrected chi connectivity index (χ1v) is 10.0. The molecule has 28 heavy (non-hydrogen) atoms. The van der Waals surface area contributed by atoms with E-state index in [4.69, 9.17) is 9.05 Å². The summed E-state index contributed by atoms with van der Waals surface area (Å²) in [4.78, 5) is 19.6. The van der Waals surface area contributed by atoms with Gasteiger partial charge < -0.3 is 14.6 Å². The number of benzene rings is 2. The number of nitrogens with zero attached hydrogens (tertiary/aromatic N) is 4. The van der Waals surface area contributed by atoms with E-state index in [2.05, 4.69) is 4.79 Å². The predicted octanol–water partition coefficient (Wildman–Crippen LogP) is 2.98. The lowest BCUT2D eigenvalue weighted by Crippen LogP contribution is -2.50. The number of carbonyl (C=O) groups excluding carboxylic acids is 1. The maximum absolute atomic E-state index is 13.6.